The van der Waals surface area contributed by atoms with E-state index in [1.807, 2.05) is 0 Å². The van der Waals surface area contributed by atoms with Crippen LogP contribution in [-0.4, -0.2) is 24.4 Å². The van der Waals surface area contributed by atoms with Crippen LogP contribution in [0.2, 0.25) is 0 Å². The molecular weight excluding hydrogens is 252 g/mol. The Kier molecular flexibility index (Phi) is 6.73. The van der Waals surface area contributed by atoms with Gasteiger partial charge in [0.15, 0.2) is 0 Å². The first-order valence-electron chi connectivity index (χ1n) is 6.39. The van der Waals surface area contributed by atoms with E-state index in [9.17, 15) is 13.9 Å². The van der Waals surface area contributed by atoms with Crippen LogP contribution in [0.5, 0.6) is 5.75 Å². The van der Waals surface area contributed by atoms with Gasteiger partial charge in [-0.25, -0.2) is 0 Å². The van der Waals surface area contributed by atoms with Crippen molar-refractivity contribution in [3.8, 4) is 5.75 Å². The van der Waals surface area contributed by atoms with Crippen LogP contribution in [-0.2, 0) is 6.54 Å². The highest BCUT2D eigenvalue weighted by atomic mass is 19.3. The predicted molar refractivity (Wildman–Crippen MR) is 70.2 cm³/mol. The van der Waals surface area contributed by atoms with Gasteiger partial charge in [-0.3, -0.25) is 0 Å². The average Bonchev–Trinajstić information content (AvgIpc) is 2.35. The third-order valence-corrected chi connectivity index (χ3v) is 2.72. The summed E-state index contributed by atoms with van der Waals surface area (Å²) in [6.45, 7) is 2.08. The summed E-state index contributed by atoms with van der Waals surface area (Å²) in [4.78, 5) is 0. The van der Waals surface area contributed by atoms with Gasteiger partial charge in [0.2, 0.25) is 0 Å². The molecular formula is C14H21F2NO2. The van der Waals surface area contributed by atoms with E-state index in [-0.39, 0.29) is 18.4 Å². The molecule has 0 amide bonds. The molecule has 0 heterocycles. The number of nitrogens with one attached hydrogen (secondary N) is 1. The summed E-state index contributed by atoms with van der Waals surface area (Å²) in [7, 11) is 0. The number of halogens is 2. The van der Waals surface area contributed by atoms with Crippen molar-refractivity contribution >= 4 is 0 Å². The third-order valence-electron chi connectivity index (χ3n) is 2.72. The molecule has 0 bridgehead atoms. The van der Waals surface area contributed by atoms with Crippen molar-refractivity contribution < 1.29 is 18.6 Å². The smallest absolute Gasteiger partial charge is 0.387 e. The molecule has 0 aliphatic carbocycles. The SMILES string of the molecule is CC(C)CC(CO)NCc1ccc(OC(F)F)cc1. The van der Waals surface area contributed by atoms with E-state index in [0.29, 0.717) is 12.5 Å². The fraction of sp³-hybridized carbons (Fsp3) is 0.571. The number of benzene rings is 1. The fourth-order valence-corrected chi connectivity index (χ4v) is 1.84. The topological polar surface area (TPSA) is 41.5 Å². The van der Waals surface area contributed by atoms with Crippen LogP contribution in [0.4, 0.5) is 8.78 Å². The van der Waals surface area contributed by atoms with E-state index in [4.69, 9.17) is 0 Å². The third kappa shape index (κ3) is 6.50. The first-order valence-corrected chi connectivity index (χ1v) is 6.39. The molecule has 0 radical (unpaired) electrons. The van der Waals surface area contributed by atoms with Crippen LogP contribution in [0.1, 0.15) is 25.8 Å². The molecule has 0 aliphatic heterocycles. The molecule has 1 aromatic rings. The molecule has 5 heteroatoms. The van der Waals surface area contributed by atoms with Gasteiger partial charge in [-0.05, 0) is 30.0 Å². The normalized spacial score (nSPS) is 13.0. The first-order chi connectivity index (χ1) is 9.01. The predicted octanol–water partition coefficient (Wildman–Crippen LogP) is 2.78. The number of rotatable bonds is 8. The van der Waals surface area contributed by atoms with Crippen LogP contribution in [0.25, 0.3) is 0 Å². The monoisotopic (exact) mass is 273 g/mol. The van der Waals surface area contributed by atoms with Crippen molar-refractivity contribution in [1.82, 2.24) is 5.32 Å². The second-order valence-corrected chi connectivity index (χ2v) is 4.91. The van der Waals surface area contributed by atoms with Crippen LogP contribution in [0.15, 0.2) is 24.3 Å². The van der Waals surface area contributed by atoms with Gasteiger partial charge in [-0.1, -0.05) is 26.0 Å². The molecule has 0 saturated carbocycles. The number of aliphatic hydroxyl groups is 1. The summed E-state index contributed by atoms with van der Waals surface area (Å²) in [5, 5.41) is 12.5. The molecule has 0 saturated heterocycles. The zero-order chi connectivity index (χ0) is 14.3. The second kappa shape index (κ2) is 8.07. The molecule has 0 aliphatic rings. The molecule has 2 N–H and O–H groups in total. The summed E-state index contributed by atoms with van der Waals surface area (Å²) >= 11 is 0. The zero-order valence-corrected chi connectivity index (χ0v) is 11.3. The molecule has 3 nitrogen and oxygen atoms in total. The lowest BCUT2D eigenvalue weighted by atomic mass is 10.0. The maximum Gasteiger partial charge on any atom is 0.387 e. The van der Waals surface area contributed by atoms with E-state index in [2.05, 4.69) is 23.9 Å². The van der Waals surface area contributed by atoms with Crippen LogP contribution in [0.3, 0.4) is 0 Å². The van der Waals surface area contributed by atoms with Gasteiger partial charge in [0.05, 0.1) is 6.61 Å². The maximum absolute atomic E-state index is 12.0. The molecule has 0 aromatic heterocycles. The Morgan fingerprint density at radius 2 is 1.84 bits per heavy atom. The minimum Gasteiger partial charge on any atom is -0.435 e. The fourth-order valence-electron chi connectivity index (χ4n) is 1.84. The number of ether oxygens (including phenoxy) is 1. The average molecular weight is 273 g/mol. The van der Waals surface area contributed by atoms with E-state index in [1.165, 1.54) is 12.1 Å². The molecule has 108 valence electrons. The number of hydrogen-bond donors (Lipinski definition) is 2. The van der Waals surface area contributed by atoms with Crippen molar-refractivity contribution in [1.29, 1.82) is 0 Å². The van der Waals surface area contributed by atoms with E-state index >= 15 is 0 Å². The Balaban J connectivity index is 2.44. The quantitative estimate of drug-likeness (QED) is 0.765. The van der Waals surface area contributed by atoms with Crippen molar-refractivity contribution in [3.05, 3.63) is 29.8 Å². The minimum absolute atomic E-state index is 0.0528. The summed E-state index contributed by atoms with van der Waals surface area (Å²) in [6.07, 6.45) is 0.892. The van der Waals surface area contributed by atoms with Crippen molar-refractivity contribution in [2.75, 3.05) is 6.61 Å². The van der Waals surface area contributed by atoms with Crippen LogP contribution in [0, 0.1) is 5.92 Å². The van der Waals surface area contributed by atoms with Gasteiger partial charge in [0.1, 0.15) is 5.75 Å². The Hall–Kier alpha value is -1.20. The van der Waals surface area contributed by atoms with Crippen molar-refractivity contribution in [2.24, 2.45) is 5.92 Å². The van der Waals surface area contributed by atoms with Crippen molar-refractivity contribution in [3.63, 3.8) is 0 Å². The number of aliphatic hydroxyl groups excluding tert-OH is 1. The molecule has 1 aromatic carbocycles. The lowest BCUT2D eigenvalue weighted by Gasteiger charge is -2.18. The van der Waals surface area contributed by atoms with Gasteiger partial charge in [-0.15, -0.1) is 0 Å². The summed E-state index contributed by atoms with van der Waals surface area (Å²) in [5.74, 6) is 0.658. The van der Waals surface area contributed by atoms with E-state index in [1.54, 1.807) is 12.1 Å². The highest BCUT2D eigenvalue weighted by Gasteiger charge is 2.09. The minimum atomic E-state index is -2.80. The van der Waals surface area contributed by atoms with Gasteiger partial charge in [0.25, 0.3) is 0 Å². The second-order valence-electron chi connectivity index (χ2n) is 4.91. The Morgan fingerprint density at radius 1 is 1.21 bits per heavy atom. The highest BCUT2D eigenvalue weighted by Crippen LogP contribution is 2.15. The Morgan fingerprint density at radius 3 is 2.32 bits per heavy atom. The maximum atomic E-state index is 12.0. The summed E-state index contributed by atoms with van der Waals surface area (Å²) < 4.78 is 28.2. The lowest BCUT2D eigenvalue weighted by Crippen LogP contribution is -2.33. The van der Waals surface area contributed by atoms with Gasteiger partial charge in [0, 0.05) is 12.6 Å². The number of hydrogen-bond acceptors (Lipinski definition) is 3. The first kappa shape index (κ1) is 15.9. The number of alkyl halides is 2. The molecule has 0 spiro atoms. The highest BCUT2D eigenvalue weighted by molar-refractivity contribution is 5.27. The van der Waals surface area contributed by atoms with E-state index < -0.39 is 6.61 Å². The molecule has 0 fully saturated rings. The summed E-state index contributed by atoms with van der Waals surface area (Å²) in [5.41, 5.74) is 0.962. The van der Waals surface area contributed by atoms with Crippen LogP contribution >= 0.6 is 0 Å². The van der Waals surface area contributed by atoms with E-state index in [0.717, 1.165) is 12.0 Å². The van der Waals surface area contributed by atoms with Gasteiger partial charge < -0.3 is 15.2 Å². The standard InChI is InChI=1S/C14H21F2NO2/c1-10(2)7-12(9-18)17-8-11-3-5-13(6-4-11)19-14(15)16/h3-6,10,12,14,17-18H,7-9H2,1-2H3. The largest absolute Gasteiger partial charge is 0.435 e. The zero-order valence-electron chi connectivity index (χ0n) is 11.3. The Labute approximate surface area is 112 Å². The van der Waals surface area contributed by atoms with Gasteiger partial charge in [-0.2, -0.15) is 8.78 Å². The van der Waals surface area contributed by atoms with Crippen molar-refractivity contribution in [2.45, 2.75) is 39.5 Å². The lowest BCUT2D eigenvalue weighted by molar-refractivity contribution is -0.0498. The van der Waals surface area contributed by atoms with Crippen LogP contribution < -0.4 is 10.1 Å². The summed E-state index contributed by atoms with van der Waals surface area (Å²) in [6, 6.07) is 6.54. The molecule has 1 rings (SSSR count). The Bertz CT molecular complexity index is 355. The molecule has 19 heavy (non-hydrogen) atoms. The van der Waals surface area contributed by atoms with Gasteiger partial charge >= 0.3 is 6.61 Å². The molecule has 1 unspecified atom stereocenters. The molecule has 1 atom stereocenters.